The van der Waals surface area contributed by atoms with Crippen LogP contribution in [0.4, 0.5) is 4.39 Å². The number of nitrogens with zero attached hydrogens (tertiary/aromatic N) is 1. The van der Waals surface area contributed by atoms with E-state index in [0.717, 1.165) is 31.6 Å². The molecule has 1 aromatic carbocycles. The first-order valence-electron chi connectivity index (χ1n) is 7.38. The Labute approximate surface area is 130 Å². The molecule has 0 spiro atoms. The number of halogens is 1. The van der Waals surface area contributed by atoms with Crippen molar-refractivity contribution in [2.75, 3.05) is 31.9 Å². The average Bonchev–Trinajstić information content (AvgIpc) is 2.75. The van der Waals surface area contributed by atoms with E-state index in [1.165, 1.54) is 12.1 Å². The maximum Gasteiger partial charge on any atom is 0.226 e. The summed E-state index contributed by atoms with van der Waals surface area (Å²) in [5, 5.41) is 3.20. The van der Waals surface area contributed by atoms with Gasteiger partial charge < -0.3 is 10.2 Å². The van der Waals surface area contributed by atoms with E-state index in [0.29, 0.717) is 13.1 Å². The van der Waals surface area contributed by atoms with Crippen LogP contribution in [0.3, 0.4) is 0 Å². The van der Waals surface area contributed by atoms with E-state index >= 15 is 0 Å². The van der Waals surface area contributed by atoms with Crippen molar-refractivity contribution in [3.05, 3.63) is 30.1 Å². The largest absolute Gasteiger partial charge is 0.341 e. The van der Waals surface area contributed by atoms with E-state index in [2.05, 4.69) is 5.32 Å². The number of benzene rings is 1. The Morgan fingerprint density at radius 3 is 2.64 bits per heavy atom. The molecule has 1 saturated heterocycles. The third-order valence-corrected chi connectivity index (χ3v) is 5.64. The van der Waals surface area contributed by atoms with Crippen LogP contribution < -0.4 is 5.32 Å². The number of rotatable bonds is 4. The lowest BCUT2D eigenvalue weighted by Gasteiger charge is -2.23. The van der Waals surface area contributed by atoms with E-state index in [-0.39, 0.29) is 16.6 Å². The summed E-state index contributed by atoms with van der Waals surface area (Å²) in [7, 11) is -3.60. The van der Waals surface area contributed by atoms with Crippen molar-refractivity contribution in [3.63, 3.8) is 0 Å². The van der Waals surface area contributed by atoms with E-state index in [4.69, 9.17) is 0 Å². The first-order chi connectivity index (χ1) is 10.4. The molecule has 7 heteroatoms. The third kappa shape index (κ3) is 4.27. The van der Waals surface area contributed by atoms with E-state index < -0.39 is 21.6 Å². The highest BCUT2D eigenvalue weighted by Gasteiger charge is 2.27. The van der Waals surface area contributed by atoms with Gasteiger partial charge in [-0.1, -0.05) is 6.92 Å². The molecule has 1 aromatic rings. The van der Waals surface area contributed by atoms with Crippen molar-refractivity contribution >= 4 is 15.7 Å². The maximum absolute atomic E-state index is 12.9. The number of carbonyl (C=O) groups is 1. The van der Waals surface area contributed by atoms with Gasteiger partial charge in [-0.25, -0.2) is 12.8 Å². The minimum atomic E-state index is -3.60. The summed E-state index contributed by atoms with van der Waals surface area (Å²) in [5.74, 6) is -1.51. The van der Waals surface area contributed by atoms with Gasteiger partial charge in [-0.2, -0.15) is 0 Å². The zero-order valence-electron chi connectivity index (χ0n) is 12.6. The summed E-state index contributed by atoms with van der Waals surface area (Å²) in [6.07, 6.45) is 0.864. The Morgan fingerprint density at radius 2 is 1.95 bits per heavy atom. The summed E-state index contributed by atoms with van der Waals surface area (Å²) >= 11 is 0. The smallest absolute Gasteiger partial charge is 0.226 e. The summed E-state index contributed by atoms with van der Waals surface area (Å²) in [4.78, 5) is 14.1. The van der Waals surface area contributed by atoms with E-state index in [9.17, 15) is 17.6 Å². The van der Waals surface area contributed by atoms with Gasteiger partial charge in [-0.3, -0.25) is 4.79 Å². The van der Waals surface area contributed by atoms with Gasteiger partial charge in [-0.05, 0) is 37.2 Å². The minimum Gasteiger partial charge on any atom is -0.341 e. The van der Waals surface area contributed by atoms with Gasteiger partial charge >= 0.3 is 0 Å². The average molecular weight is 328 g/mol. The molecule has 1 heterocycles. The summed E-state index contributed by atoms with van der Waals surface area (Å²) in [6, 6.07) is 4.69. The second-order valence-electron chi connectivity index (χ2n) is 5.57. The molecule has 1 atom stereocenters. The lowest BCUT2D eigenvalue weighted by molar-refractivity contribution is -0.134. The van der Waals surface area contributed by atoms with E-state index in [1.807, 2.05) is 0 Å². The topological polar surface area (TPSA) is 66.5 Å². The Bertz CT molecular complexity index is 608. The van der Waals surface area contributed by atoms with Gasteiger partial charge in [0.25, 0.3) is 0 Å². The quantitative estimate of drug-likeness (QED) is 0.839. The molecule has 2 rings (SSSR count). The van der Waals surface area contributed by atoms with E-state index in [1.54, 1.807) is 11.8 Å². The van der Waals surface area contributed by atoms with Crippen LogP contribution in [0.25, 0.3) is 0 Å². The number of hydrogen-bond donors (Lipinski definition) is 1. The second-order valence-corrected chi connectivity index (χ2v) is 7.60. The summed E-state index contributed by atoms with van der Waals surface area (Å²) in [5.41, 5.74) is 0. The lowest BCUT2D eigenvalue weighted by atomic mass is 10.2. The lowest BCUT2D eigenvalue weighted by Crippen LogP contribution is -2.39. The summed E-state index contributed by atoms with van der Waals surface area (Å²) < 4.78 is 37.5. The fraction of sp³-hybridized carbons (Fsp3) is 0.533. The van der Waals surface area contributed by atoms with Gasteiger partial charge in [0.1, 0.15) is 5.82 Å². The fourth-order valence-corrected chi connectivity index (χ4v) is 4.06. The molecule has 0 bridgehead atoms. The van der Waals surface area contributed by atoms with Crippen molar-refractivity contribution < 1.29 is 17.6 Å². The Kier molecular flexibility index (Phi) is 5.52. The van der Waals surface area contributed by atoms with Crippen LogP contribution in [0, 0.1) is 11.7 Å². The Morgan fingerprint density at radius 1 is 1.27 bits per heavy atom. The normalized spacial score (nSPS) is 17.8. The van der Waals surface area contributed by atoms with Gasteiger partial charge in [-0.15, -0.1) is 0 Å². The van der Waals surface area contributed by atoms with Gasteiger partial charge in [0.15, 0.2) is 9.84 Å². The molecule has 1 aliphatic rings. The standard InChI is InChI=1S/C15H21FN2O3S/c1-12(15(19)18-9-2-7-17-8-10-18)11-22(20,21)14-5-3-13(16)4-6-14/h3-6,12,17H,2,7-11H2,1H3. The second kappa shape index (κ2) is 7.19. The molecule has 22 heavy (non-hydrogen) atoms. The third-order valence-electron chi connectivity index (χ3n) is 3.72. The molecule has 0 saturated carbocycles. The van der Waals surface area contributed by atoms with Crippen LogP contribution in [0.2, 0.25) is 0 Å². The molecule has 1 amide bonds. The van der Waals surface area contributed by atoms with Crippen molar-refractivity contribution in [1.82, 2.24) is 10.2 Å². The minimum absolute atomic E-state index is 0.0473. The molecule has 1 fully saturated rings. The SMILES string of the molecule is CC(CS(=O)(=O)c1ccc(F)cc1)C(=O)N1CCCNCC1. The van der Waals surface area contributed by atoms with Gasteiger partial charge in [0.05, 0.1) is 10.6 Å². The number of hydrogen-bond acceptors (Lipinski definition) is 4. The highest BCUT2D eigenvalue weighted by atomic mass is 32.2. The van der Waals surface area contributed by atoms with Gasteiger partial charge in [0, 0.05) is 25.6 Å². The molecular weight excluding hydrogens is 307 g/mol. The molecule has 0 radical (unpaired) electrons. The molecule has 1 N–H and O–H groups in total. The van der Waals surface area contributed by atoms with Crippen LogP contribution >= 0.6 is 0 Å². The zero-order chi connectivity index (χ0) is 16.2. The molecule has 122 valence electrons. The first kappa shape index (κ1) is 16.9. The van der Waals surface area contributed by atoms with Crippen molar-refractivity contribution in [1.29, 1.82) is 0 Å². The van der Waals surface area contributed by atoms with Crippen LogP contribution in [0.1, 0.15) is 13.3 Å². The Hall–Kier alpha value is -1.47. The number of amides is 1. The number of nitrogens with one attached hydrogen (secondary N) is 1. The van der Waals surface area contributed by atoms with Crippen LogP contribution in [0.5, 0.6) is 0 Å². The molecule has 0 aliphatic carbocycles. The molecule has 0 aromatic heterocycles. The van der Waals surface area contributed by atoms with Gasteiger partial charge in [0.2, 0.25) is 5.91 Å². The fourth-order valence-electron chi connectivity index (χ4n) is 2.52. The highest BCUT2D eigenvalue weighted by Crippen LogP contribution is 2.16. The maximum atomic E-state index is 12.9. The van der Waals surface area contributed by atoms with Crippen molar-refractivity contribution in [2.45, 2.75) is 18.2 Å². The predicted molar refractivity (Wildman–Crippen MR) is 81.7 cm³/mol. The van der Waals surface area contributed by atoms with Crippen molar-refractivity contribution in [3.8, 4) is 0 Å². The molecule has 5 nitrogen and oxygen atoms in total. The molecule has 1 unspecified atom stereocenters. The van der Waals surface area contributed by atoms with Crippen molar-refractivity contribution in [2.24, 2.45) is 5.92 Å². The molecule has 1 aliphatic heterocycles. The number of sulfone groups is 1. The van der Waals surface area contributed by atoms with Crippen LogP contribution in [-0.4, -0.2) is 51.2 Å². The molecular formula is C15H21FN2O3S. The van der Waals surface area contributed by atoms with Crippen LogP contribution in [0.15, 0.2) is 29.2 Å². The monoisotopic (exact) mass is 328 g/mol. The predicted octanol–water partition coefficient (Wildman–Crippen LogP) is 1.06. The zero-order valence-corrected chi connectivity index (χ0v) is 13.4. The van der Waals surface area contributed by atoms with Crippen LogP contribution in [-0.2, 0) is 14.6 Å². The Balaban J connectivity index is 2.04. The number of carbonyl (C=O) groups excluding carboxylic acids is 1. The first-order valence-corrected chi connectivity index (χ1v) is 9.03. The highest BCUT2D eigenvalue weighted by molar-refractivity contribution is 7.91. The summed E-state index contributed by atoms with van der Waals surface area (Å²) in [6.45, 7) is 4.46.